The molecule has 1 aromatic rings. The van der Waals surface area contributed by atoms with Crippen molar-refractivity contribution >= 4 is 11.9 Å². The van der Waals surface area contributed by atoms with E-state index in [4.69, 9.17) is 5.73 Å². The molecule has 1 atom stereocenters. The Kier molecular flexibility index (Phi) is 7.79. The third kappa shape index (κ3) is 7.98. The fourth-order valence-corrected chi connectivity index (χ4v) is 1.96. The van der Waals surface area contributed by atoms with Crippen molar-refractivity contribution in [2.75, 3.05) is 6.54 Å². The van der Waals surface area contributed by atoms with E-state index < -0.39 is 12.6 Å². The maximum atomic E-state index is 12.1. The van der Waals surface area contributed by atoms with Crippen molar-refractivity contribution in [3.8, 4) is 5.75 Å². The molecule has 0 radical (unpaired) electrons. The summed E-state index contributed by atoms with van der Waals surface area (Å²) >= 11 is 0. The van der Waals surface area contributed by atoms with E-state index in [0.29, 0.717) is 25.8 Å². The van der Waals surface area contributed by atoms with Crippen molar-refractivity contribution in [1.82, 2.24) is 10.6 Å². The Morgan fingerprint density at radius 1 is 1.22 bits per heavy atom. The van der Waals surface area contributed by atoms with Crippen LogP contribution in [0.1, 0.15) is 37.8 Å². The summed E-state index contributed by atoms with van der Waals surface area (Å²) < 4.78 is 28.4. The zero-order valence-corrected chi connectivity index (χ0v) is 12.9. The van der Waals surface area contributed by atoms with Crippen LogP contribution in [-0.4, -0.2) is 25.1 Å². The smallest absolute Gasteiger partial charge is 0.387 e. The Morgan fingerprint density at radius 2 is 1.87 bits per heavy atom. The molecule has 1 unspecified atom stereocenters. The molecule has 23 heavy (non-hydrogen) atoms. The van der Waals surface area contributed by atoms with Gasteiger partial charge in [-0.3, -0.25) is 4.79 Å². The lowest BCUT2D eigenvalue weighted by molar-refractivity contribution is -0.121. The maximum absolute atomic E-state index is 12.1. The molecule has 0 aromatic heterocycles. The average Bonchev–Trinajstić information content (AvgIpc) is 2.46. The summed E-state index contributed by atoms with van der Waals surface area (Å²) in [5.41, 5.74) is 5.71. The Balaban J connectivity index is 2.32. The number of nitrogens with one attached hydrogen (secondary N) is 2. The standard InChI is InChI=1S/C15H21F2N3O3/c1-10(11-5-7-12(8-6-11)23-14(16)17)20-13(21)4-2-3-9-19-15(18)22/h5-8,10,14H,2-4,9H2,1H3,(H,20,21)(H3,18,19,22). The van der Waals surface area contributed by atoms with Crippen LogP contribution in [0.2, 0.25) is 0 Å². The number of rotatable bonds is 9. The number of urea groups is 1. The van der Waals surface area contributed by atoms with Crippen molar-refractivity contribution in [3.63, 3.8) is 0 Å². The number of carbonyl (C=O) groups excluding carboxylic acids is 2. The highest BCUT2D eigenvalue weighted by Crippen LogP contribution is 2.19. The van der Waals surface area contributed by atoms with Crippen molar-refractivity contribution in [1.29, 1.82) is 0 Å². The van der Waals surface area contributed by atoms with Gasteiger partial charge in [-0.1, -0.05) is 12.1 Å². The monoisotopic (exact) mass is 329 g/mol. The first-order valence-electron chi connectivity index (χ1n) is 7.26. The molecule has 128 valence electrons. The summed E-state index contributed by atoms with van der Waals surface area (Å²) in [4.78, 5) is 22.3. The van der Waals surface area contributed by atoms with Gasteiger partial charge in [-0.15, -0.1) is 0 Å². The number of hydrogen-bond donors (Lipinski definition) is 3. The van der Waals surface area contributed by atoms with Gasteiger partial charge in [-0.2, -0.15) is 8.78 Å². The van der Waals surface area contributed by atoms with E-state index in [1.54, 1.807) is 19.1 Å². The van der Waals surface area contributed by atoms with Gasteiger partial charge in [0.2, 0.25) is 5.91 Å². The van der Waals surface area contributed by atoms with Crippen LogP contribution in [0.3, 0.4) is 0 Å². The molecule has 0 aliphatic heterocycles. The summed E-state index contributed by atoms with van der Waals surface area (Å²) in [6.07, 6.45) is 1.61. The highest BCUT2D eigenvalue weighted by Gasteiger charge is 2.10. The minimum atomic E-state index is -2.86. The molecule has 3 amide bonds. The Bertz CT molecular complexity index is 509. The number of hydrogen-bond acceptors (Lipinski definition) is 3. The summed E-state index contributed by atoms with van der Waals surface area (Å²) in [5.74, 6) is -0.0475. The average molecular weight is 329 g/mol. The van der Waals surface area contributed by atoms with Crippen molar-refractivity contribution in [2.24, 2.45) is 5.73 Å². The number of benzene rings is 1. The van der Waals surface area contributed by atoms with Crippen molar-refractivity contribution < 1.29 is 23.1 Å². The first-order valence-corrected chi connectivity index (χ1v) is 7.26. The SMILES string of the molecule is CC(NC(=O)CCCCNC(N)=O)c1ccc(OC(F)F)cc1. The molecule has 4 N–H and O–H groups in total. The largest absolute Gasteiger partial charge is 0.435 e. The van der Waals surface area contributed by atoms with Gasteiger partial charge in [0, 0.05) is 13.0 Å². The van der Waals surface area contributed by atoms with Crippen LogP contribution in [0.5, 0.6) is 5.75 Å². The maximum Gasteiger partial charge on any atom is 0.387 e. The van der Waals surface area contributed by atoms with Crippen LogP contribution in [0.15, 0.2) is 24.3 Å². The number of primary amides is 1. The van der Waals surface area contributed by atoms with Gasteiger partial charge >= 0.3 is 12.6 Å². The molecule has 0 aliphatic carbocycles. The molecule has 0 fully saturated rings. The van der Waals surface area contributed by atoms with Gasteiger partial charge in [-0.05, 0) is 37.5 Å². The zero-order valence-electron chi connectivity index (χ0n) is 12.9. The van der Waals surface area contributed by atoms with Crippen LogP contribution in [0.4, 0.5) is 13.6 Å². The molecule has 0 heterocycles. The van der Waals surface area contributed by atoms with Crippen LogP contribution in [0.25, 0.3) is 0 Å². The zero-order chi connectivity index (χ0) is 17.2. The minimum Gasteiger partial charge on any atom is -0.435 e. The van der Waals surface area contributed by atoms with E-state index in [1.807, 2.05) is 0 Å². The first kappa shape index (κ1) is 18.7. The van der Waals surface area contributed by atoms with E-state index in [1.165, 1.54) is 12.1 Å². The molecule has 1 aromatic carbocycles. The van der Waals surface area contributed by atoms with Gasteiger partial charge in [0.05, 0.1) is 6.04 Å². The molecule has 0 bridgehead atoms. The molecule has 6 nitrogen and oxygen atoms in total. The van der Waals surface area contributed by atoms with Gasteiger partial charge in [0.1, 0.15) is 5.75 Å². The summed E-state index contributed by atoms with van der Waals surface area (Å²) in [5, 5.41) is 5.26. The van der Waals surface area contributed by atoms with E-state index in [0.717, 1.165) is 5.56 Å². The molecule has 0 saturated carbocycles. The molecular weight excluding hydrogens is 308 g/mol. The predicted octanol–water partition coefficient (Wildman–Crippen LogP) is 2.30. The number of carbonyl (C=O) groups is 2. The van der Waals surface area contributed by atoms with E-state index in [-0.39, 0.29) is 17.7 Å². The molecular formula is C15H21F2N3O3. The summed E-state index contributed by atoms with van der Waals surface area (Å²) in [7, 11) is 0. The summed E-state index contributed by atoms with van der Waals surface area (Å²) in [6, 6.07) is 5.28. The number of nitrogens with two attached hydrogens (primary N) is 1. The van der Waals surface area contributed by atoms with E-state index in [2.05, 4.69) is 15.4 Å². The lowest BCUT2D eigenvalue weighted by Gasteiger charge is -2.15. The second kappa shape index (κ2) is 9.60. The fourth-order valence-electron chi connectivity index (χ4n) is 1.96. The second-order valence-corrected chi connectivity index (χ2v) is 4.98. The van der Waals surface area contributed by atoms with Crippen LogP contribution < -0.4 is 21.1 Å². The van der Waals surface area contributed by atoms with Crippen LogP contribution in [0, 0.1) is 0 Å². The number of halogens is 2. The Hall–Kier alpha value is -2.38. The number of unbranched alkanes of at least 4 members (excludes halogenated alkanes) is 1. The summed E-state index contributed by atoms with van der Waals surface area (Å²) in [6.45, 7) is -0.624. The second-order valence-electron chi connectivity index (χ2n) is 4.98. The van der Waals surface area contributed by atoms with Gasteiger partial charge < -0.3 is 21.1 Å². The Labute approximate surface area is 133 Å². The third-order valence-corrected chi connectivity index (χ3v) is 3.11. The molecule has 1 rings (SSSR count). The predicted molar refractivity (Wildman–Crippen MR) is 81.1 cm³/mol. The number of alkyl halides is 2. The van der Waals surface area contributed by atoms with Crippen molar-refractivity contribution in [2.45, 2.75) is 38.8 Å². The highest BCUT2D eigenvalue weighted by molar-refractivity contribution is 5.76. The number of ether oxygens (including phenoxy) is 1. The normalized spacial score (nSPS) is 11.8. The molecule has 0 aliphatic rings. The van der Waals surface area contributed by atoms with Crippen LogP contribution in [-0.2, 0) is 4.79 Å². The molecule has 8 heteroatoms. The first-order chi connectivity index (χ1) is 10.9. The lowest BCUT2D eigenvalue weighted by atomic mass is 10.1. The number of amides is 3. The van der Waals surface area contributed by atoms with E-state index in [9.17, 15) is 18.4 Å². The molecule has 0 saturated heterocycles. The van der Waals surface area contributed by atoms with Gasteiger partial charge in [0.25, 0.3) is 0 Å². The third-order valence-electron chi connectivity index (χ3n) is 3.11. The fraction of sp³-hybridized carbons (Fsp3) is 0.467. The Morgan fingerprint density at radius 3 is 2.43 bits per heavy atom. The topological polar surface area (TPSA) is 93.5 Å². The molecule has 0 spiro atoms. The quantitative estimate of drug-likeness (QED) is 0.607. The van der Waals surface area contributed by atoms with Gasteiger partial charge in [0.15, 0.2) is 0 Å². The van der Waals surface area contributed by atoms with Crippen LogP contribution >= 0.6 is 0 Å². The lowest BCUT2D eigenvalue weighted by Crippen LogP contribution is -2.30. The van der Waals surface area contributed by atoms with Crippen molar-refractivity contribution in [3.05, 3.63) is 29.8 Å². The minimum absolute atomic E-state index is 0.0734. The highest BCUT2D eigenvalue weighted by atomic mass is 19.3. The van der Waals surface area contributed by atoms with Gasteiger partial charge in [-0.25, -0.2) is 4.79 Å². The van der Waals surface area contributed by atoms with E-state index >= 15 is 0 Å².